The Balaban J connectivity index is 1.45. The van der Waals surface area contributed by atoms with Gasteiger partial charge >= 0.3 is 0 Å². The van der Waals surface area contributed by atoms with E-state index in [2.05, 4.69) is 47.2 Å². The number of hydrogen-bond acceptors (Lipinski definition) is 3. The molecule has 0 saturated carbocycles. The number of rotatable bonds is 3. The molecule has 4 aromatic rings. The van der Waals surface area contributed by atoms with E-state index in [1.54, 1.807) is 0 Å². The zero-order chi connectivity index (χ0) is 22.4. The van der Waals surface area contributed by atoms with Crippen LogP contribution in [0.15, 0.2) is 54.6 Å². The Hall–Kier alpha value is -3.44. The summed E-state index contributed by atoms with van der Waals surface area (Å²) in [7, 11) is 0. The van der Waals surface area contributed by atoms with Gasteiger partial charge in [0.2, 0.25) is 0 Å². The summed E-state index contributed by atoms with van der Waals surface area (Å²) in [6, 6.07) is 18.7. The van der Waals surface area contributed by atoms with Crippen molar-refractivity contribution < 1.29 is 4.79 Å². The van der Waals surface area contributed by atoms with E-state index in [1.165, 1.54) is 10.9 Å². The molecule has 1 fully saturated rings. The predicted octanol–water partition coefficient (Wildman–Crippen LogP) is 5.00. The van der Waals surface area contributed by atoms with Crippen molar-refractivity contribution in [3.05, 3.63) is 77.1 Å². The molecular formula is C27H28N4O. The topological polar surface area (TPSA) is 75.0 Å². The third-order valence-corrected chi connectivity index (χ3v) is 6.41. The van der Waals surface area contributed by atoms with E-state index < -0.39 is 0 Å². The fourth-order valence-electron chi connectivity index (χ4n) is 4.74. The minimum Gasteiger partial charge on any atom is -0.354 e. The molecule has 32 heavy (non-hydrogen) atoms. The van der Waals surface area contributed by atoms with Crippen molar-refractivity contribution in [2.24, 2.45) is 5.73 Å². The lowest BCUT2D eigenvalue weighted by Gasteiger charge is -2.16. The SMILES string of the molecule is Cc1cc(-c2[nH]c3cc(-c4ccc(C(=O)N5CC[C@H](N)C5)cc4)ccc3c2C)cc(C)n1. The van der Waals surface area contributed by atoms with Gasteiger partial charge in [-0.2, -0.15) is 0 Å². The van der Waals surface area contributed by atoms with Crippen molar-refractivity contribution in [1.82, 2.24) is 14.9 Å². The minimum absolute atomic E-state index is 0.0625. The van der Waals surface area contributed by atoms with Gasteiger partial charge in [0.25, 0.3) is 5.91 Å². The highest BCUT2D eigenvalue weighted by molar-refractivity contribution is 5.96. The van der Waals surface area contributed by atoms with Crippen LogP contribution in [0, 0.1) is 20.8 Å². The Morgan fingerprint density at radius 2 is 1.66 bits per heavy atom. The second-order valence-corrected chi connectivity index (χ2v) is 8.90. The molecule has 5 rings (SSSR count). The molecule has 2 aromatic carbocycles. The van der Waals surface area contributed by atoms with Gasteiger partial charge in [0.1, 0.15) is 0 Å². The number of hydrogen-bond donors (Lipinski definition) is 2. The smallest absolute Gasteiger partial charge is 0.253 e. The van der Waals surface area contributed by atoms with E-state index >= 15 is 0 Å². The van der Waals surface area contributed by atoms with Crippen molar-refractivity contribution in [3.8, 4) is 22.4 Å². The number of fused-ring (bicyclic) bond motifs is 1. The van der Waals surface area contributed by atoms with Gasteiger partial charge in [-0.3, -0.25) is 9.78 Å². The number of carbonyl (C=O) groups is 1. The lowest BCUT2D eigenvalue weighted by atomic mass is 10.0. The number of aromatic amines is 1. The highest BCUT2D eigenvalue weighted by Crippen LogP contribution is 2.33. The first kappa shape index (κ1) is 20.5. The number of aromatic nitrogens is 2. The Bertz CT molecular complexity index is 1300. The van der Waals surface area contributed by atoms with Crippen LogP contribution in [0.2, 0.25) is 0 Å². The number of likely N-dealkylation sites (tertiary alicyclic amines) is 1. The molecule has 3 N–H and O–H groups in total. The molecule has 1 aliphatic heterocycles. The summed E-state index contributed by atoms with van der Waals surface area (Å²) in [5.41, 5.74) is 15.5. The first-order chi connectivity index (χ1) is 15.4. The summed E-state index contributed by atoms with van der Waals surface area (Å²) in [6.45, 7) is 7.59. The number of H-pyrrole nitrogens is 1. The molecule has 1 amide bonds. The highest BCUT2D eigenvalue weighted by Gasteiger charge is 2.24. The van der Waals surface area contributed by atoms with Crippen LogP contribution >= 0.6 is 0 Å². The van der Waals surface area contributed by atoms with E-state index in [9.17, 15) is 4.79 Å². The van der Waals surface area contributed by atoms with Crippen LogP contribution in [-0.2, 0) is 0 Å². The van der Waals surface area contributed by atoms with Gasteiger partial charge in [-0.15, -0.1) is 0 Å². The van der Waals surface area contributed by atoms with Crippen molar-refractivity contribution >= 4 is 16.8 Å². The highest BCUT2D eigenvalue weighted by atomic mass is 16.2. The molecule has 0 bridgehead atoms. The number of benzene rings is 2. The second-order valence-electron chi connectivity index (χ2n) is 8.90. The summed E-state index contributed by atoms with van der Waals surface area (Å²) < 4.78 is 0. The van der Waals surface area contributed by atoms with E-state index in [-0.39, 0.29) is 11.9 Å². The minimum atomic E-state index is 0.0625. The van der Waals surface area contributed by atoms with Gasteiger partial charge in [0.05, 0.1) is 0 Å². The quantitative estimate of drug-likeness (QED) is 0.486. The maximum atomic E-state index is 12.7. The molecule has 2 aromatic heterocycles. The molecule has 0 radical (unpaired) electrons. The number of nitrogens with two attached hydrogens (primary N) is 1. The second kappa shape index (κ2) is 7.92. The average molecular weight is 425 g/mol. The number of nitrogens with zero attached hydrogens (tertiary/aromatic N) is 2. The van der Waals surface area contributed by atoms with E-state index in [4.69, 9.17) is 5.73 Å². The summed E-state index contributed by atoms with van der Waals surface area (Å²) in [4.78, 5) is 22.7. The summed E-state index contributed by atoms with van der Waals surface area (Å²) in [6.07, 6.45) is 0.875. The molecule has 0 aliphatic carbocycles. The fraction of sp³-hybridized carbons (Fsp3) is 0.259. The van der Waals surface area contributed by atoms with E-state index in [0.717, 1.165) is 52.3 Å². The van der Waals surface area contributed by atoms with Crippen LogP contribution in [0.3, 0.4) is 0 Å². The van der Waals surface area contributed by atoms with Gasteiger partial charge in [-0.1, -0.05) is 24.3 Å². The molecule has 1 saturated heterocycles. The van der Waals surface area contributed by atoms with E-state index in [0.29, 0.717) is 12.1 Å². The molecule has 0 unspecified atom stereocenters. The van der Waals surface area contributed by atoms with Crippen molar-refractivity contribution in [2.45, 2.75) is 33.2 Å². The molecule has 3 heterocycles. The van der Waals surface area contributed by atoms with Crippen LogP contribution in [-0.4, -0.2) is 39.9 Å². The van der Waals surface area contributed by atoms with Gasteiger partial charge in [0, 0.05) is 58.2 Å². The van der Waals surface area contributed by atoms with Crippen LogP contribution in [0.25, 0.3) is 33.3 Å². The number of nitrogens with one attached hydrogen (secondary N) is 1. The normalized spacial score (nSPS) is 16.1. The van der Waals surface area contributed by atoms with Crippen molar-refractivity contribution in [1.29, 1.82) is 0 Å². The number of aryl methyl sites for hydroxylation is 3. The van der Waals surface area contributed by atoms with Crippen LogP contribution in [0.4, 0.5) is 0 Å². The summed E-state index contributed by atoms with van der Waals surface area (Å²) in [5.74, 6) is 0.0625. The first-order valence-corrected chi connectivity index (χ1v) is 11.1. The van der Waals surface area contributed by atoms with Crippen molar-refractivity contribution in [2.75, 3.05) is 13.1 Å². The lowest BCUT2D eigenvalue weighted by molar-refractivity contribution is 0.0791. The third-order valence-electron chi connectivity index (χ3n) is 6.41. The molecule has 0 spiro atoms. The Morgan fingerprint density at radius 1 is 0.969 bits per heavy atom. The monoisotopic (exact) mass is 424 g/mol. The molecule has 1 aliphatic rings. The van der Waals surface area contributed by atoms with Crippen LogP contribution in [0.5, 0.6) is 0 Å². The molecule has 5 nitrogen and oxygen atoms in total. The lowest BCUT2D eigenvalue weighted by Crippen LogP contribution is -2.31. The maximum absolute atomic E-state index is 12.7. The third kappa shape index (κ3) is 3.69. The largest absolute Gasteiger partial charge is 0.354 e. The Labute approximate surface area is 188 Å². The van der Waals surface area contributed by atoms with E-state index in [1.807, 2.05) is 43.0 Å². The van der Waals surface area contributed by atoms with Gasteiger partial charge in [-0.05, 0) is 74.2 Å². The number of carbonyl (C=O) groups excluding carboxylic acids is 1. The molecular weight excluding hydrogens is 396 g/mol. The number of pyridine rings is 1. The van der Waals surface area contributed by atoms with Gasteiger partial charge in [-0.25, -0.2) is 0 Å². The maximum Gasteiger partial charge on any atom is 0.253 e. The number of amides is 1. The van der Waals surface area contributed by atoms with Crippen LogP contribution in [0.1, 0.15) is 33.7 Å². The Morgan fingerprint density at radius 3 is 2.31 bits per heavy atom. The van der Waals surface area contributed by atoms with Gasteiger partial charge < -0.3 is 15.6 Å². The van der Waals surface area contributed by atoms with Gasteiger partial charge in [0.15, 0.2) is 0 Å². The summed E-state index contributed by atoms with van der Waals surface area (Å²) in [5, 5.41) is 1.22. The predicted molar refractivity (Wildman–Crippen MR) is 130 cm³/mol. The van der Waals surface area contributed by atoms with Crippen molar-refractivity contribution in [3.63, 3.8) is 0 Å². The molecule has 1 atom stereocenters. The average Bonchev–Trinajstić information content (AvgIpc) is 3.36. The molecule has 5 heteroatoms. The Kier molecular flexibility index (Phi) is 5.06. The molecule has 162 valence electrons. The van der Waals surface area contributed by atoms with Crippen LogP contribution < -0.4 is 5.73 Å². The fourth-order valence-corrected chi connectivity index (χ4v) is 4.74. The standard InChI is InChI=1S/C27H28N4O/c1-16-12-22(13-17(2)29-16)26-18(3)24-9-8-21(14-25(24)30-26)19-4-6-20(7-5-19)27(32)31-11-10-23(28)15-31/h4-9,12-14,23,30H,10-11,15,28H2,1-3H3/t23-/m0/s1. The zero-order valence-corrected chi connectivity index (χ0v) is 18.8. The summed E-state index contributed by atoms with van der Waals surface area (Å²) >= 11 is 0. The first-order valence-electron chi connectivity index (χ1n) is 11.1. The zero-order valence-electron chi connectivity index (χ0n) is 18.8.